The van der Waals surface area contributed by atoms with E-state index in [1.54, 1.807) is 0 Å². The lowest BCUT2D eigenvalue weighted by atomic mass is 9.65. The van der Waals surface area contributed by atoms with Gasteiger partial charge in [0.05, 0.1) is 0 Å². The summed E-state index contributed by atoms with van der Waals surface area (Å²) in [5.74, 6) is 0.104. The Kier molecular flexibility index (Phi) is 4.88. The van der Waals surface area contributed by atoms with E-state index in [-0.39, 0.29) is 36.0 Å². The Hall–Kier alpha value is -2.04. The summed E-state index contributed by atoms with van der Waals surface area (Å²) >= 11 is 0. The second-order valence-electron chi connectivity index (χ2n) is 9.97. The molecule has 1 aromatic rings. The van der Waals surface area contributed by atoms with Crippen LogP contribution >= 0.6 is 0 Å². The van der Waals surface area contributed by atoms with Crippen molar-refractivity contribution in [1.82, 2.24) is 4.90 Å². The SMILES string of the molecule is CC1(C)C[C@@H]2C[C@@](C)(CN2C(=O)COC(=O)COc2ccc3c(c2)CCC3)C1. The molecule has 0 N–H and O–H groups in total. The Bertz CT molecular complexity index is 787. The number of ether oxygens (including phenoxy) is 2. The maximum atomic E-state index is 12.7. The van der Waals surface area contributed by atoms with Crippen LogP contribution in [0.25, 0.3) is 0 Å². The average Bonchev–Trinajstić information content (AvgIpc) is 3.18. The zero-order valence-electron chi connectivity index (χ0n) is 17.3. The van der Waals surface area contributed by atoms with Crippen LogP contribution in [-0.4, -0.2) is 42.6 Å². The first-order valence-corrected chi connectivity index (χ1v) is 10.4. The second-order valence-corrected chi connectivity index (χ2v) is 9.97. The minimum absolute atomic E-state index is 0.0858. The number of amides is 1. The highest BCUT2D eigenvalue weighted by molar-refractivity contribution is 5.81. The van der Waals surface area contributed by atoms with Crippen molar-refractivity contribution in [2.24, 2.45) is 10.8 Å². The quantitative estimate of drug-likeness (QED) is 0.728. The maximum Gasteiger partial charge on any atom is 0.344 e. The van der Waals surface area contributed by atoms with Crippen molar-refractivity contribution in [1.29, 1.82) is 0 Å². The van der Waals surface area contributed by atoms with E-state index >= 15 is 0 Å². The summed E-state index contributed by atoms with van der Waals surface area (Å²) in [6.07, 6.45) is 6.57. The Labute approximate surface area is 167 Å². The fraction of sp³-hybridized carbons (Fsp3) is 0.652. The third-order valence-electron chi connectivity index (χ3n) is 6.52. The topological polar surface area (TPSA) is 55.8 Å². The average molecular weight is 386 g/mol. The Morgan fingerprint density at radius 2 is 1.89 bits per heavy atom. The fourth-order valence-corrected chi connectivity index (χ4v) is 5.80. The molecular formula is C23H31NO4. The molecule has 28 heavy (non-hydrogen) atoms. The number of likely N-dealkylation sites (tertiary alicyclic amines) is 1. The zero-order valence-corrected chi connectivity index (χ0v) is 17.3. The van der Waals surface area contributed by atoms with E-state index in [4.69, 9.17) is 9.47 Å². The van der Waals surface area contributed by atoms with Crippen LogP contribution in [0.15, 0.2) is 18.2 Å². The van der Waals surface area contributed by atoms with Crippen LogP contribution in [0.4, 0.5) is 0 Å². The molecule has 152 valence electrons. The van der Waals surface area contributed by atoms with E-state index in [1.807, 2.05) is 17.0 Å². The highest BCUT2D eigenvalue weighted by Crippen LogP contribution is 2.52. The molecular weight excluding hydrogens is 354 g/mol. The smallest absolute Gasteiger partial charge is 0.344 e. The number of hydrogen-bond acceptors (Lipinski definition) is 4. The summed E-state index contributed by atoms with van der Waals surface area (Å²) in [5.41, 5.74) is 3.11. The summed E-state index contributed by atoms with van der Waals surface area (Å²) < 4.78 is 10.8. The van der Waals surface area contributed by atoms with E-state index < -0.39 is 5.97 Å². The lowest BCUT2D eigenvalue weighted by Gasteiger charge is -2.39. The number of fused-ring (bicyclic) bond motifs is 3. The summed E-state index contributed by atoms with van der Waals surface area (Å²) in [5, 5.41) is 0. The third-order valence-corrected chi connectivity index (χ3v) is 6.52. The molecule has 0 unspecified atom stereocenters. The van der Waals surface area contributed by atoms with E-state index in [0.29, 0.717) is 5.75 Å². The minimum Gasteiger partial charge on any atom is -0.482 e. The number of carbonyl (C=O) groups is 2. The number of esters is 1. The molecule has 2 atom stereocenters. The standard InChI is InChI=1S/C23H31NO4/c1-22(2)10-18-11-23(3,14-22)15-24(18)20(25)12-28-21(26)13-27-19-8-7-16-5-4-6-17(16)9-19/h7-9,18H,4-6,10-15H2,1-3H3/t18-,23-/m1/s1. The van der Waals surface area contributed by atoms with Gasteiger partial charge in [-0.25, -0.2) is 4.79 Å². The molecule has 5 nitrogen and oxygen atoms in total. The highest BCUT2D eigenvalue weighted by atomic mass is 16.6. The van der Waals surface area contributed by atoms with Gasteiger partial charge < -0.3 is 14.4 Å². The molecule has 0 spiro atoms. The molecule has 0 aromatic heterocycles. The predicted octanol–water partition coefficient (Wildman–Crippen LogP) is 3.52. The molecule has 2 bridgehead atoms. The monoisotopic (exact) mass is 385 g/mol. The first-order valence-electron chi connectivity index (χ1n) is 10.4. The first kappa shape index (κ1) is 19.3. The van der Waals surface area contributed by atoms with Gasteiger partial charge in [0.15, 0.2) is 13.2 Å². The Morgan fingerprint density at radius 1 is 1.11 bits per heavy atom. The van der Waals surface area contributed by atoms with Crippen molar-refractivity contribution < 1.29 is 19.1 Å². The van der Waals surface area contributed by atoms with Gasteiger partial charge in [-0.2, -0.15) is 0 Å². The molecule has 1 saturated carbocycles. The summed E-state index contributed by atoms with van der Waals surface area (Å²) in [4.78, 5) is 26.6. The molecule has 0 radical (unpaired) electrons. The molecule has 4 rings (SSSR count). The largest absolute Gasteiger partial charge is 0.482 e. The molecule has 2 aliphatic carbocycles. The molecule has 1 amide bonds. The summed E-state index contributed by atoms with van der Waals surface area (Å²) in [6, 6.07) is 6.24. The van der Waals surface area contributed by atoms with Gasteiger partial charge in [-0.1, -0.05) is 26.8 Å². The van der Waals surface area contributed by atoms with Crippen molar-refractivity contribution in [2.45, 2.75) is 65.3 Å². The van der Waals surface area contributed by atoms with Gasteiger partial charge in [0.25, 0.3) is 5.91 Å². The van der Waals surface area contributed by atoms with Crippen molar-refractivity contribution in [3.05, 3.63) is 29.3 Å². The fourth-order valence-electron chi connectivity index (χ4n) is 5.80. The molecule has 5 heteroatoms. The highest BCUT2D eigenvalue weighted by Gasteiger charge is 2.50. The number of hydrogen-bond donors (Lipinski definition) is 0. The van der Waals surface area contributed by atoms with E-state index in [0.717, 1.165) is 38.6 Å². The van der Waals surface area contributed by atoms with Gasteiger partial charge in [0.2, 0.25) is 0 Å². The molecule has 3 aliphatic rings. The molecule has 1 aliphatic heterocycles. The summed E-state index contributed by atoms with van der Waals surface area (Å²) in [6.45, 7) is 7.23. The third kappa shape index (κ3) is 4.03. The van der Waals surface area contributed by atoms with Crippen molar-refractivity contribution in [2.75, 3.05) is 19.8 Å². The van der Waals surface area contributed by atoms with E-state index in [1.165, 1.54) is 17.5 Å². The van der Waals surface area contributed by atoms with Crippen LogP contribution in [0.2, 0.25) is 0 Å². The van der Waals surface area contributed by atoms with Gasteiger partial charge >= 0.3 is 5.97 Å². The normalized spacial score (nSPS) is 27.4. The minimum atomic E-state index is -0.498. The van der Waals surface area contributed by atoms with Crippen molar-refractivity contribution in [3.63, 3.8) is 0 Å². The van der Waals surface area contributed by atoms with Gasteiger partial charge in [-0.05, 0) is 72.6 Å². The predicted molar refractivity (Wildman–Crippen MR) is 106 cm³/mol. The summed E-state index contributed by atoms with van der Waals surface area (Å²) in [7, 11) is 0. The van der Waals surface area contributed by atoms with E-state index in [9.17, 15) is 9.59 Å². The van der Waals surface area contributed by atoms with Gasteiger partial charge in [-0.15, -0.1) is 0 Å². The van der Waals surface area contributed by atoms with Gasteiger partial charge in [0.1, 0.15) is 5.75 Å². The van der Waals surface area contributed by atoms with Crippen LogP contribution < -0.4 is 4.74 Å². The number of aryl methyl sites for hydroxylation is 2. The Balaban J connectivity index is 1.25. The lowest BCUT2D eigenvalue weighted by Crippen LogP contribution is -2.40. The Morgan fingerprint density at radius 3 is 2.71 bits per heavy atom. The zero-order chi connectivity index (χ0) is 19.9. The number of carbonyl (C=O) groups excluding carboxylic acids is 2. The van der Waals surface area contributed by atoms with Crippen molar-refractivity contribution >= 4 is 11.9 Å². The van der Waals surface area contributed by atoms with Crippen LogP contribution in [0.5, 0.6) is 5.75 Å². The van der Waals surface area contributed by atoms with Crippen LogP contribution in [0.3, 0.4) is 0 Å². The molecule has 2 fully saturated rings. The second kappa shape index (κ2) is 7.09. The lowest BCUT2D eigenvalue weighted by molar-refractivity contribution is -0.154. The van der Waals surface area contributed by atoms with Crippen LogP contribution in [0, 0.1) is 10.8 Å². The first-order chi connectivity index (χ1) is 13.2. The number of rotatable bonds is 5. The molecule has 1 aromatic carbocycles. The number of benzene rings is 1. The molecule has 1 heterocycles. The van der Waals surface area contributed by atoms with Crippen LogP contribution in [0.1, 0.15) is 57.6 Å². The van der Waals surface area contributed by atoms with E-state index in [2.05, 4.69) is 26.8 Å². The van der Waals surface area contributed by atoms with Crippen LogP contribution in [-0.2, 0) is 27.2 Å². The van der Waals surface area contributed by atoms with Crippen molar-refractivity contribution in [3.8, 4) is 5.75 Å². The maximum absolute atomic E-state index is 12.7. The van der Waals surface area contributed by atoms with Gasteiger partial charge in [-0.3, -0.25) is 4.79 Å². The number of nitrogens with zero attached hydrogens (tertiary/aromatic N) is 1. The molecule has 1 saturated heterocycles. The van der Waals surface area contributed by atoms with Gasteiger partial charge in [0, 0.05) is 12.6 Å².